The molecular weight excluding hydrogens is 284 g/mol. The fraction of sp³-hybridized carbons (Fsp3) is 0.400. The predicted molar refractivity (Wildman–Crippen MR) is 96.1 cm³/mol. The molecule has 2 aromatic rings. The highest BCUT2D eigenvalue weighted by molar-refractivity contribution is 5.49. The monoisotopic (exact) mass is 310 g/mol. The average Bonchev–Trinajstić information content (AvgIpc) is 3.09. The lowest BCUT2D eigenvalue weighted by Gasteiger charge is -2.19. The van der Waals surface area contributed by atoms with Gasteiger partial charge in [-0.15, -0.1) is 0 Å². The van der Waals surface area contributed by atoms with E-state index in [1.165, 1.54) is 17.7 Å². The third kappa shape index (κ3) is 4.49. The van der Waals surface area contributed by atoms with E-state index in [1.807, 2.05) is 0 Å². The van der Waals surface area contributed by atoms with Gasteiger partial charge in [-0.1, -0.05) is 30.3 Å². The molecule has 122 valence electrons. The maximum atomic E-state index is 5.85. The highest BCUT2D eigenvalue weighted by Gasteiger charge is 2.21. The van der Waals surface area contributed by atoms with Crippen molar-refractivity contribution >= 4 is 5.69 Å². The molecule has 0 aliphatic carbocycles. The van der Waals surface area contributed by atoms with Crippen molar-refractivity contribution in [1.29, 1.82) is 0 Å². The SMILES string of the molecule is NCC1CCN(c2ccc(OCCCc3ccccc3)cc2)C1. The van der Waals surface area contributed by atoms with E-state index < -0.39 is 0 Å². The number of nitrogens with two attached hydrogens (primary N) is 1. The van der Waals surface area contributed by atoms with Crippen LogP contribution in [-0.4, -0.2) is 26.2 Å². The van der Waals surface area contributed by atoms with E-state index in [-0.39, 0.29) is 0 Å². The van der Waals surface area contributed by atoms with Gasteiger partial charge in [-0.05, 0) is 61.6 Å². The van der Waals surface area contributed by atoms with Crippen LogP contribution in [-0.2, 0) is 6.42 Å². The Hall–Kier alpha value is -2.00. The van der Waals surface area contributed by atoms with Crippen LogP contribution < -0.4 is 15.4 Å². The van der Waals surface area contributed by atoms with E-state index in [4.69, 9.17) is 10.5 Å². The molecule has 0 aromatic heterocycles. The first-order valence-corrected chi connectivity index (χ1v) is 8.57. The quantitative estimate of drug-likeness (QED) is 0.796. The maximum Gasteiger partial charge on any atom is 0.119 e. The van der Waals surface area contributed by atoms with Crippen LogP contribution in [0.5, 0.6) is 5.75 Å². The maximum absolute atomic E-state index is 5.85. The van der Waals surface area contributed by atoms with Crippen molar-refractivity contribution < 1.29 is 4.74 Å². The summed E-state index contributed by atoms with van der Waals surface area (Å²) < 4.78 is 5.85. The van der Waals surface area contributed by atoms with E-state index in [9.17, 15) is 0 Å². The second-order valence-electron chi connectivity index (χ2n) is 6.27. The minimum absolute atomic E-state index is 0.643. The third-order valence-electron chi connectivity index (χ3n) is 4.54. The summed E-state index contributed by atoms with van der Waals surface area (Å²) >= 11 is 0. The highest BCUT2D eigenvalue weighted by Crippen LogP contribution is 2.25. The molecule has 1 fully saturated rings. The van der Waals surface area contributed by atoms with E-state index in [1.54, 1.807) is 0 Å². The fourth-order valence-electron chi connectivity index (χ4n) is 3.12. The largest absolute Gasteiger partial charge is 0.494 e. The predicted octanol–water partition coefficient (Wildman–Crippen LogP) is 3.48. The second kappa shape index (κ2) is 8.02. The first-order valence-electron chi connectivity index (χ1n) is 8.57. The van der Waals surface area contributed by atoms with E-state index in [2.05, 4.69) is 59.5 Å². The highest BCUT2D eigenvalue weighted by atomic mass is 16.5. The van der Waals surface area contributed by atoms with E-state index >= 15 is 0 Å². The zero-order chi connectivity index (χ0) is 15.9. The summed E-state index contributed by atoms with van der Waals surface area (Å²) in [6, 6.07) is 19.0. The Morgan fingerprint density at radius 3 is 2.52 bits per heavy atom. The molecule has 1 saturated heterocycles. The molecule has 1 heterocycles. The number of hydrogen-bond acceptors (Lipinski definition) is 3. The molecular formula is C20H26N2O. The molecule has 0 amide bonds. The zero-order valence-corrected chi connectivity index (χ0v) is 13.7. The van der Waals surface area contributed by atoms with Gasteiger partial charge in [-0.2, -0.15) is 0 Å². The van der Waals surface area contributed by atoms with Gasteiger partial charge in [0.2, 0.25) is 0 Å². The summed E-state index contributed by atoms with van der Waals surface area (Å²) in [7, 11) is 0. The van der Waals surface area contributed by atoms with Crippen molar-refractivity contribution in [1.82, 2.24) is 0 Å². The normalized spacial score (nSPS) is 17.4. The van der Waals surface area contributed by atoms with Gasteiger partial charge in [0, 0.05) is 18.8 Å². The number of nitrogens with zero attached hydrogens (tertiary/aromatic N) is 1. The van der Waals surface area contributed by atoms with Gasteiger partial charge in [0.05, 0.1) is 6.61 Å². The molecule has 0 spiro atoms. The lowest BCUT2D eigenvalue weighted by Crippen LogP contribution is -2.22. The Morgan fingerprint density at radius 2 is 1.83 bits per heavy atom. The van der Waals surface area contributed by atoms with Gasteiger partial charge in [-0.25, -0.2) is 0 Å². The van der Waals surface area contributed by atoms with Crippen molar-refractivity contribution in [3.05, 3.63) is 60.2 Å². The first-order chi connectivity index (χ1) is 11.3. The summed E-state index contributed by atoms with van der Waals surface area (Å²) in [6.45, 7) is 3.74. The van der Waals surface area contributed by atoms with Gasteiger partial charge < -0.3 is 15.4 Å². The summed E-state index contributed by atoms with van der Waals surface area (Å²) in [5.74, 6) is 1.60. The molecule has 0 saturated carbocycles. The van der Waals surface area contributed by atoms with Crippen molar-refractivity contribution in [3.8, 4) is 5.75 Å². The van der Waals surface area contributed by atoms with Crippen LogP contribution in [0.15, 0.2) is 54.6 Å². The Bertz CT molecular complexity index is 582. The van der Waals surface area contributed by atoms with Crippen LogP contribution in [0, 0.1) is 5.92 Å². The van der Waals surface area contributed by atoms with Crippen LogP contribution in [0.1, 0.15) is 18.4 Å². The van der Waals surface area contributed by atoms with Crippen LogP contribution in [0.25, 0.3) is 0 Å². The molecule has 3 nitrogen and oxygen atoms in total. The minimum atomic E-state index is 0.643. The Morgan fingerprint density at radius 1 is 1.04 bits per heavy atom. The number of aryl methyl sites for hydroxylation is 1. The molecule has 1 aliphatic heterocycles. The molecule has 3 heteroatoms. The summed E-state index contributed by atoms with van der Waals surface area (Å²) in [5.41, 5.74) is 8.41. The molecule has 0 radical (unpaired) electrons. The van der Waals surface area contributed by atoms with Gasteiger partial charge in [-0.3, -0.25) is 0 Å². The molecule has 0 bridgehead atoms. The Balaban J connectivity index is 1.43. The van der Waals surface area contributed by atoms with Crippen LogP contribution in [0.2, 0.25) is 0 Å². The molecule has 23 heavy (non-hydrogen) atoms. The van der Waals surface area contributed by atoms with Crippen LogP contribution in [0.3, 0.4) is 0 Å². The standard InChI is InChI=1S/C20H26N2O/c21-15-18-12-13-22(16-18)19-8-10-20(11-9-19)23-14-4-7-17-5-2-1-3-6-17/h1-3,5-6,8-11,18H,4,7,12-16,21H2. The second-order valence-corrected chi connectivity index (χ2v) is 6.27. The van der Waals surface area contributed by atoms with Crippen molar-refractivity contribution in [3.63, 3.8) is 0 Å². The summed E-state index contributed by atoms with van der Waals surface area (Å²) in [5, 5.41) is 0. The topological polar surface area (TPSA) is 38.5 Å². The van der Waals surface area contributed by atoms with Crippen LogP contribution in [0.4, 0.5) is 5.69 Å². The summed E-state index contributed by atoms with van der Waals surface area (Å²) in [4.78, 5) is 2.41. The Kier molecular flexibility index (Phi) is 5.54. The molecule has 1 atom stereocenters. The smallest absolute Gasteiger partial charge is 0.119 e. The van der Waals surface area contributed by atoms with E-state index in [0.29, 0.717) is 5.92 Å². The fourth-order valence-corrected chi connectivity index (χ4v) is 3.12. The lowest BCUT2D eigenvalue weighted by molar-refractivity contribution is 0.311. The number of rotatable bonds is 7. The molecule has 1 aliphatic rings. The van der Waals surface area contributed by atoms with Gasteiger partial charge in [0.1, 0.15) is 5.75 Å². The Labute approximate surface area is 139 Å². The number of benzene rings is 2. The first kappa shape index (κ1) is 15.9. The molecule has 2 aromatic carbocycles. The van der Waals surface area contributed by atoms with Crippen LogP contribution >= 0.6 is 0 Å². The minimum Gasteiger partial charge on any atom is -0.494 e. The molecule has 1 unspecified atom stereocenters. The lowest BCUT2D eigenvalue weighted by atomic mass is 10.1. The number of anilines is 1. The third-order valence-corrected chi connectivity index (χ3v) is 4.54. The average molecular weight is 310 g/mol. The van der Waals surface area contributed by atoms with Crippen molar-refractivity contribution in [2.75, 3.05) is 31.1 Å². The van der Waals surface area contributed by atoms with Crippen molar-refractivity contribution in [2.45, 2.75) is 19.3 Å². The number of ether oxygens (including phenoxy) is 1. The van der Waals surface area contributed by atoms with Gasteiger partial charge in [0.15, 0.2) is 0 Å². The molecule has 3 rings (SSSR count). The van der Waals surface area contributed by atoms with Gasteiger partial charge in [0.25, 0.3) is 0 Å². The van der Waals surface area contributed by atoms with Gasteiger partial charge >= 0.3 is 0 Å². The number of hydrogen-bond donors (Lipinski definition) is 1. The van der Waals surface area contributed by atoms with E-state index in [0.717, 1.165) is 44.8 Å². The summed E-state index contributed by atoms with van der Waals surface area (Å²) in [6.07, 6.45) is 3.30. The van der Waals surface area contributed by atoms with Crippen molar-refractivity contribution in [2.24, 2.45) is 11.7 Å². The molecule has 2 N–H and O–H groups in total. The zero-order valence-electron chi connectivity index (χ0n) is 13.7.